The predicted molar refractivity (Wildman–Crippen MR) is 133 cm³/mol. The molecular formula is C27H34F3N5O2. The van der Waals surface area contributed by atoms with Crippen molar-refractivity contribution in [1.29, 1.82) is 0 Å². The molecular weight excluding hydrogens is 483 g/mol. The third-order valence-corrected chi connectivity index (χ3v) is 8.08. The van der Waals surface area contributed by atoms with E-state index in [1.165, 1.54) is 18.5 Å². The monoisotopic (exact) mass is 517 g/mol. The van der Waals surface area contributed by atoms with Crippen molar-refractivity contribution in [1.82, 2.24) is 24.7 Å². The van der Waals surface area contributed by atoms with Crippen molar-refractivity contribution < 1.29 is 22.8 Å². The van der Waals surface area contributed by atoms with Gasteiger partial charge in [0, 0.05) is 44.3 Å². The number of benzene rings is 1. The number of alkyl halides is 3. The van der Waals surface area contributed by atoms with E-state index in [1.807, 2.05) is 18.7 Å². The second kappa shape index (κ2) is 10.5. The quantitative estimate of drug-likeness (QED) is 0.558. The largest absolute Gasteiger partial charge is 0.416 e. The third-order valence-electron chi connectivity index (χ3n) is 8.08. The Kier molecular flexibility index (Phi) is 7.71. The Hall–Kier alpha value is -2.85. The van der Waals surface area contributed by atoms with Crippen LogP contribution in [0.3, 0.4) is 0 Å². The Balaban J connectivity index is 1.39. The number of rotatable bonds is 5. The van der Waals surface area contributed by atoms with Crippen LogP contribution in [0, 0.1) is 13.8 Å². The minimum atomic E-state index is -4.41. The van der Waals surface area contributed by atoms with Gasteiger partial charge in [-0.25, -0.2) is 9.97 Å². The molecule has 4 rings (SSSR count). The second-order valence-corrected chi connectivity index (χ2v) is 10.4. The summed E-state index contributed by atoms with van der Waals surface area (Å²) in [5.74, 6) is -0.0267. The number of halogens is 3. The lowest BCUT2D eigenvalue weighted by molar-refractivity contribution is -0.137. The maximum absolute atomic E-state index is 13.2. The number of hydrogen-bond acceptors (Lipinski definition) is 6. The first kappa shape index (κ1) is 27.2. The maximum Gasteiger partial charge on any atom is 0.416 e. The van der Waals surface area contributed by atoms with E-state index < -0.39 is 17.8 Å². The minimum Gasteiger partial charge on any atom is -0.338 e. The molecule has 1 amide bonds. The van der Waals surface area contributed by atoms with Crippen LogP contribution in [0.1, 0.15) is 65.6 Å². The predicted octanol–water partition coefficient (Wildman–Crippen LogP) is 4.05. The number of aromatic nitrogens is 2. The molecule has 0 spiro atoms. The zero-order valence-electron chi connectivity index (χ0n) is 21.8. The molecule has 2 fully saturated rings. The van der Waals surface area contributed by atoms with Gasteiger partial charge in [-0.3, -0.25) is 14.6 Å². The number of amides is 1. The molecule has 2 saturated heterocycles. The van der Waals surface area contributed by atoms with Crippen LogP contribution in [-0.2, 0) is 11.0 Å². The van der Waals surface area contributed by atoms with Crippen molar-refractivity contribution >= 4 is 12.2 Å². The molecule has 0 unspecified atom stereocenters. The Bertz CT molecular complexity index is 1110. The number of carbonyl (C=O) groups excluding carboxylic acids is 2. The lowest BCUT2D eigenvalue weighted by Gasteiger charge is -2.52. The number of nitrogens with zero attached hydrogens (tertiary/aromatic N) is 5. The number of likely N-dealkylation sites (tertiary alicyclic amines) is 1. The number of aryl methyl sites for hydroxylation is 2. The summed E-state index contributed by atoms with van der Waals surface area (Å²) in [7, 11) is 0. The fourth-order valence-corrected chi connectivity index (χ4v) is 5.66. The van der Waals surface area contributed by atoms with Crippen molar-refractivity contribution in [2.75, 3.05) is 32.7 Å². The average molecular weight is 518 g/mol. The highest BCUT2D eigenvalue weighted by Gasteiger charge is 2.41. The van der Waals surface area contributed by atoms with E-state index in [4.69, 9.17) is 0 Å². The first-order valence-corrected chi connectivity index (χ1v) is 12.7. The van der Waals surface area contributed by atoms with E-state index in [9.17, 15) is 22.8 Å². The average Bonchev–Trinajstić information content (AvgIpc) is 2.85. The van der Waals surface area contributed by atoms with Crippen molar-refractivity contribution in [2.24, 2.45) is 0 Å². The molecule has 0 aliphatic carbocycles. The van der Waals surface area contributed by atoms with Gasteiger partial charge < -0.3 is 9.69 Å². The smallest absolute Gasteiger partial charge is 0.338 e. The Morgan fingerprint density at radius 1 is 1.05 bits per heavy atom. The number of hydrogen-bond donors (Lipinski definition) is 0. The molecule has 0 saturated carbocycles. The van der Waals surface area contributed by atoms with Crippen LogP contribution >= 0.6 is 0 Å². The van der Waals surface area contributed by atoms with E-state index >= 15 is 0 Å². The van der Waals surface area contributed by atoms with Crippen LogP contribution in [0.25, 0.3) is 0 Å². The van der Waals surface area contributed by atoms with Crippen molar-refractivity contribution in [3.8, 4) is 0 Å². The summed E-state index contributed by atoms with van der Waals surface area (Å²) in [5.41, 5.74) is 1.72. The third kappa shape index (κ3) is 5.55. The van der Waals surface area contributed by atoms with Crippen LogP contribution in [0.5, 0.6) is 0 Å². The molecule has 7 nitrogen and oxygen atoms in total. The highest BCUT2D eigenvalue weighted by molar-refractivity contribution is 5.96. The molecule has 0 bridgehead atoms. The fourth-order valence-electron chi connectivity index (χ4n) is 5.66. The minimum absolute atomic E-state index is 0.0267. The first-order valence-electron chi connectivity index (χ1n) is 12.7. The molecule has 2 atom stereocenters. The van der Waals surface area contributed by atoms with Gasteiger partial charge in [0.05, 0.1) is 28.6 Å². The summed E-state index contributed by atoms with van der Waals surface area (Å²) in [5, 5.41) is 0. The maximum atomic E-state index is 13.2. The van der Waals surface area contributed by atoms with Crippen molar-refractivity contribution in [3.05, 3.63) is 58.7 Å². The van der Waals surface area contributed by atoms with Crippen LogP contribution in [0.4, 0.5) is 13.2 Å². The van der Waals surface area contributed by atoms with E-state index in [1.54, 1.807) is 0 Å². The molecule has 2 aromatic rings. The zero-order chi connectivity index (χ0) is 27.0. The van der Waals surface area contributed by atoms with Gasteiger partial charge in [0.15, 0.2) is 0 Å². The van der Waals surface area contributed by atoms with Gasteiger partial charge in [0.1, 0.15) is 12.6 Å². The Labute approximate surface area is 215 Å². The lowest BCUT2D eigenvalue weighted by Crippen LogP contribution is -2.62. The Morgan fingerprint density at radius 3 is 2.16 bits per heavy atom. The van der Waals surface area contributed by atoms with Crippen LogP contribution in [0.2, 0.25) is 0 Å². The number of carbonyl (C=O) groups is 2. The summed E-state index contributed by atoms with van der Waals surface area (Å²) in [4.78, 5) is 39.9. The van der Waals surface area contributed by atoms with Gasteiger partial charge >= 0.3 is 6.18 Å². The molecule has 2 aliphatic rings. The normalized spacial score (nSPS) is 22.0. The van der Waals surface area contributed by atoms with Crippen molar-refractivity contribution in [3.63, 3.8) is 0 Å². The van der Waals surface area contributed by atoms with Gasteiger partial charge in [-0.05, 0) is 58.2 Å². The van der Waals surface area contributed by atoms with Gasteiger partial charge in [-0.15, -0.1) is 0 Å². The summed E-state index contributed by atoms with van der Waals surface area (Å²) in [6, 6.07) is 4.31. The SMILES string of the molecule is Cc1ncnc(C)c1C(=O)N1CCC(C)(N2CCN([C@@H](C=O)c3ccc(C(F)(F)F)cc3)[C@@H](C)C2)CC1. The van der Waals surface area contributed by atoms with Gasteiger partial charge in [-0.2, -0.15) is 13.2 Å². The first-order chi connectivity index (χ1) is 17.4. The van der Waals surface area contributed by atoms with Gasteiger partial charge in [0.25, 0.3) is 5.91 Å². The summed E-state index contributed by atoms with van der Waals surface area (Å²) in [6.45, 7) is 11.3. The fraction of sp³-hybridized carbons (Fsp3) is 0.556. The number of piperidine rings is 1. The standard InChI is InChI=1S/C27H34F3N5O2/c1-18-15-34(13-14-35(18)23(16-36)21-5-7-22(8-6-21)27(28,29)30)26(4)9-11-33(12-10-26)25(37)24-19(2)31-17-32-20(24)3/h5-8,16-18,23H,9-15H2,1-4H3/t18-,23-/m0/s1. The Morgan fingerprint density at radius 2 is 1.65 bits per heavy atom. The topological polar surface area (TPSA) is 69.6 Å². The molecule has 10 heteroatoms. The molecule has 200 valence electrons. The van der Waals surface area contributed by atoms with Crippen LogP contribution < -0.4 is 0 Å². The molecule has 2 aliphatic heterocycles. The molecule has 37 heavy (non-hydrogen) atoms. The van der Waals surface area contributed by atoms with Gasteiger partial charge in [0.2, 0.25) is 0 Å². The molecule has 3 heterocycles. The summed E-state index contributed by atoms with van der Waals surface area (Å²) < 4.78 is 38.9. The second-order valence-electron chi connectivity index (χ2n) is 10.4. The zero-order valence-corrected chi connectivity index (χ0v) is 21.8. The van der Waals surface area contributed by atoms with Crippen molar-refractivity contribution in [2.45, 2.75) is 64.3 Å². The molecule has 0 N–H and O–H groups in total. The van der Waals surface area contributed by atoms with E-state index in [-0.39, 0.29) is 17.5 Å². The van der Waals surface area contributed by atoms with E-state index in [2.05, 4.69) is 33.6 Å². The summed E-state index contributed by atoms with van der Waals surface area (Å²) in [6.07, 6.45) is -0.461. The highest BCUT2D eigenvalue weighted by Crippen LogP contribution is 2.34. The summed E-state index contributed by atoms with van der Waals surface area (Å²) >= 11 is 0. The molecule has 1 aromatic carbocycles. The lowest BCUT2D eigenvalue weighted by atomic mass is 9.86. The van der Waals surface area contributed by atoms with E-state index in [0.29, 0.717) is 42.1 Å². The highest BCUT2D eigenvalue weighted by atomic mass is 19.4. The molecule has 0 radical (unpaired) electrons. The van der Waals surface area contributed by atoms with Crippen LogP contribution in [0.15, 0.2) is 30.6 Å². The number of aldehydes is 1. The van der Waals surface area contributed by atoms with Gasteiger partial charge in [-0.1, -0.05) is 12.1 Å². The van der Waals surface area contributed by atoms with Crippen LogP contribution in [-0.4, -0.2) is 81.2 Å². The van der Waals surface area contributed by atoms with E-state index in [0.717, 1.165) is 44.4 Å². The molecule has 1 aromatic heterocycles. The number of piperazine rings is 1.